The van der Waals surface area contributed by atoms with Gasteiger partial charge in [0.25, 0.3) is 5.97 Å². The molecule has 0 aromatic carbocycles. The zero-order valence-corrected chi connectivity index (χ0v) is 90.9. The first-order valence-electron chi connectivity index (χ1n) is 35.2. The molecule has 1 rings (SSSR count). The van der Waals surface area contributed by atoms with Crippen molar-refractivity contribution in [1.82, 2.24) is 0 Å². The van der Waals surface area contributed by atoms with E-state index in [1.54, 1.807) is 27.7 Å². The fourth-order valence-corrected chi connectivity index (χ4v) is 54.2. The quantitative estimate of drug-likeness (QED) is 0.00910. The fourth-order valence-electron chi connectivity index (χ4n) is 6.87. The Kier molecular flexibility index (Phi) is 77.3. The number of carboxylic acids is 1. The van der Waals surface area contributed by atoms with E-state index >= 15 is 0 Å². The van der Waals surface area contributed by atoms with Crippen LogP contribution in [0.15, 0.2) is 13.2 Å². The van der Waals surface area contributed by atoms with Crippen LogP contribution in [-0.2, 0) is 184 Å². The van der Waals surface area contributed by atoms with Crippen LogP contribution in [0.3, 0.4) is 0 Å². The predicted octanol–water partition coefficient (Wildman–Crippen LogP) is -3.95. The van der Waals surface area contributed by atoms with Gasteiger partial charge in [-0.15, -0.1) is 13.2 Å². The number of aliphatic hydroxyl groups is 1. The average Bonchev–Trinajstić information content (AvgIpc) is 0.773. The number of aliphatic hydroxyl groups excluding tert-OH is 1. The van der Waals surface area contributed by atoms with Crippen molar-refractivity contribution >= 4 is 184 Å². The summed E-state index contributed by atoms with van der Waals surface area (Å²) in [7, 11) is -42.7. The predicted molar refractivity (Wildman–Crippen MR) is 433 cm³/mol. The maximum Gasteiger partial charge on any atom is 0 e. The summed E-state index contributed by atoms with van der Waals surface area (Å²) in [6.45, 7) is 33.3. The summed E-state index contributed by atoms with van der Waals surface area (Å²) in [5.74, 6) is -5.85. The molecule has 0 aliphatic carbocycles. The van der Waals surface area contributed by atoms with E-state index in [2.05, 4.69) is 27.0 Å². The molecule has 0 aromatic heterocycles. The van der Waals surface area contributed by atoms with Crippen LogP contribution in [0.1, 0.15) is 126 Å². The number of carbonyl (C=O) groups is 7. The van der Waals surface area contributed by atoms with Gasteiger partial charge in [-0.1, -0.05) is 20.3 Å². The van der Waals surface area contributed by atoms with Crippen molar-refractivity contribution in [3.05, 3.63) is 13.2 Å². The second kappa shape index (κ2) is 69.4. The molecule has 55 nitrogen and oxygen atoms in total. The minimum atomic E-state index is -5.46. The molecule has 0 amide bonds. The van der Waals surface area contributed by atoms with E-state index in [1.807, 2.05) is 27.7 Å². The van der Waals surface area contributed by atoms with Gasteiger partial charge in [-0.3, -0.25) is 19.2 Å². The summed E-state index contributed by atoms with van der Waals surface area (Å²) < 4.78 is 179. The Balaban J connectivity index is -0.000000195. The molecule has 1 fully saturated rings. The van der Waals surface area contributed by atoms with Gasteiger partial charge in [0.1, 0.15) is 0 Å². The van der Waals surface area contributed by atoms with E-state index in [9.17, 15) is 76.7 Å². The van der Waals surface area contributed by atoms with E-state index in [-0.39, 0.29) is 65.2 Å². The van der Waals surface area contributed by atoms with Gasteiger partial charge in [-0.25, -0.2) is 0 Å². The molecule has 121 heavy (non-hydrogen) atoms. The second-order valence-electron chi connectivity index (χ2n) is 20.8. The smallest absolute Gasteiger partial charge is 0 e. The van der Waals surface area contributed by atoms with Crippen molar-refractivity contribution in [1.29, 1.82) is 0 Å². The minimum absolute atomic E-state index is 0. The van der Waals surface area contributed by atoms with Crippen LogP contribution in [0.2, 0.25) is 18.1 Å². The molecule has 0 saturated carbocycles. The Bertz CT molecular complexity index is 2660. The molecule has 0 radical (unpaired) electrons. The summed E-state index contributed by atoms with van der Waals surface area (Å²) in [4.78, 5) is 183. The van der Waals surface area contributed by atoms with E-state index < -0.39 is 190 Å². The fraction of sp³-hybridized carbons (Fsp3) is 0.827. The molecule has 1 aliphatic rings. The van der Waals surface area contributed by atoms with Gasteiger partial charge >= 0.3 is 519 Å². The van der Waals surface area contributed by atoms with Crippen molar-refractivity contribution in [2.24, 2.45) is 0 Å². The number of esters is 3. The number of ether oxygens (including phenoxy) is 3. The summed E-state index contributed by atoms with van der Waals surface area (Å²) in [6, 6.07) is -0.934. The van der Waals surface area contributed by atoms with Gasteiger partial charge in [0.15, 0.2) is 0 Å². The number of hydrogen-bond donors (Lipinski definition) is 12. The van der Waals surface area contributed by atoms with Crippen LogP contribution in [0, 0.1) is 0 Å². The Morgan fingerprint density at radius 1 is 0.397 bits per heavy atom. The van der Waals surface area contributed by atoms with Crippen LogP contribution >= 0.6 is 0 Å². The van der Waals surface area contributed by atoms with Gasteiger partial charge in [-0.05, 0) is 6.92 Å². The summed E-state index contributed by atoms with van der Waals surface area (Å²) in [5.41, 5.74) is 0. The van der Waals surface area contributed by atoms with E-state index in [0.717, 1.165) is 113 Å². The summed E-state index contributed by atoms with van der Waals surface area (Å²) in [6.07, 6.45) is 1.25. The molecule has 7 atom stereocenters. The first kappa shape index (κ1) is 135. The van der Waals surface area contributed by atoms with Crippen LogP contribution in [-0.4, -0.2) is 393 Å². The molecule has 69 heteroatoms. The Hall–Kier alpha value is -1.60. The van der Waals surface area contributed by atoms with Crippen molar-refractivity contribution in [3.63, 3.8) is 0 Å². The second-order valence-corrected chi connectivity index (χ2v) is 62.4. The normalized spacial score (nSPS) is 20.2. The minimum Gasteiger partial charge on any atom is -0.457 e. The molecule has 15 N–H and O–H groups in total. The first-order valence-corrected chi connectivity index (χ1v) is 64.7. The average molecular weight is 2170 g/mol. The van der Waals surface area contributed by atoms with Crippen molar-refractivity contribution < 1.29 is 243 Å². The molecule has 1 heterocycles. The topological polar surface area (TPSA) is 718 Å². The molecular weight excluding hydrogens is 2030 g/mol. The van der Waals surface area contributed by atoms with E-state index in [1.165, 1.54) is 20.3 Å². The van der Waals surface area contributed by atoms with E-state index in [4.69, 9.17) is 159 Å². The third kappa shape index (κ3) is 61.6. The number of carboxylic acid groups (broad SMARTS) is 1. The largest absolute Gasteiger partial charge is 0.457 e. The van der Waals surface area contributed by atoms with Crippen molar-refractivity contribution in [3.8, 4) is 0 Å². The molecular formula is C52H135Ge3O55Si11+. The van der Waals surface area contributed by atoms with Gasteiger partial charge in [0.05, 0.1) is 38.0 Å². The molecule has 0 aromatic rings. The number of carbonyl (C=O) groups excluding carboxylic acids is 6. The zero-order chi connectivity index (χ0) is 95.4. The third-order valence-electron chi connectivity index (χ3n) is 11.1. The van der Waals surface area contributed by atoms with Crippen molar-refractivity contribution in [2.75, 3.05) is 151 Å². The number of rotatable bonds is 47. The van der Waals surface area contributed by atoms with Crippen LogP contribution < -0.4 is 0 Å². The Morgan fingerprint density at radius 3 is 0.901 bits per heavy atom. The van der Waals surface area contributed by atoms with Gasteiger partial charge in [-0.2, -0.15) is 0 Å². The maximum absolute atomic E-state index is 12.1. The Morgan fingerprint density at radius 2 is 0.669 bits per heavy atom. The zero-order valence-electron chi connectivity index (χ0n) is 73.6. The maximum atomic E-state index is 12.1. The summed E-state index contributed by atoms with van der Waals surface area (Å²) in [5, 5.41) is 15.0. The number of aliphatic carboxylic acids is 1. The molecule has 0 bridgehead atoms. The molecule has 728 valence electrons. The van der Waals surface area contributed by atoms with Gasteiger partial charge < -0.3 is 61.4 Å². The van der Waals surface area contributed by atoms with Crippen LogP contribution in [0.5, 0.6) is 0 Å². The first-order chi connectivity index (χ1) is 55.4. The molecule has 0 spiro atoms. The van der Waals surface area contributed by atoms with Crippen LogP contribution in [0.25, 0.3) is 0 Å². The van der Waals surface area contributed by atoms with E-state index in [0.29, 0.717) is 26.4 Å². The molecule has 1 aliphatic heterocycles. The standard InChI is InChI=1S/C14H32GeO16Si3.C14H30O13Si3.C8H20GeO4.C7H26GeO18Si5.C3H8.C2H4O2.C2H6O.C2H4.H2O.H2/c1-9-23-15(24-10-2,25-11-3)29-34(28-14(6)18,30-32(19,21-7)26-12(4)16)31-33(20,22-8)27-13(5)17;1-12(15)23-6-9-28(18,21-4)26-30(20,11-8-25-14(3)17)27-29(19,22-5)10-7-24-13(2)16;1-5-10-9(11-6-2,12-7-3)13-8-4;1-14-8(15-2)21-27(9,10)23-29(12,17-4)25-31(19-6,20-7)26-30(13,18-5)24-28(11,16-3)22-8;1-3-2;1-2(3)4;1-2-3;1-2;;/h19-20H,9-11H2,1-8H3;18-20H,6-11H2,1-5H3;5-8H2,1-4H3;9-13H,1-7H3;3H2,1-2H3;1H3,(H,3,4);3H,2H2,1H3;1-2H2;1H2;1H/p+1/i;;;;;;;;;1+1. The summed E-state index contributed by atoms with van der Waals surface area (Å²) >= 11 is -13.7. The van der Waals surface area contributed by atoms with Gasteiger partial charge in [0.2, 0.25) is 0 Å². The monoisotopic (exact) mass is 2170 g/mol. The molecule has 7 unspecified atom stereocenters. The van der Waals surface area contributed by atoms with Crippen LogP contribution in [0.4, 0.5) is 0 Å². The SMILES string of the molecule is C=C.CC(=O)O.CCC.CCO.CC[O][Ge]([O]CC)([O]CC)[O]CC.CC[O][Ge]([O]CC)([O]CC)[O][Si](OC(C)=O)(O[Si](O)(OC)OC(C)=O)O[Si](O)(OC)OC(C)=O.CO[Si](O)(CCOC(C)=O)O[Si](O)(CCOC(C)=O)O[Si](O)(CCOC(C)=O)OC.CO[Si]1(O)O[Si](O)(O)[O][Ge]([O]C)([O]C)[O][Si](O)(OC)O[Si](O)(OC)O[Si](OC)(OC)O1.[2HH].[OH3+]. The molecule has 1 saturated heterocycles. The Labute approximate surface area is 729 Å². The van der Waals surface area contributed by atoms with Gasteiger partial charge in [0, 0.05) is 49.9 Å². The van der Waals surface area contributed by atoms with Crippen molar-refractivity contribution in [2.45, 2.75) is 142 Å². The number of hydrogen-bond acceptors (Lipinski definition) is 53. The third-order valence-corrected chi connectivity index (χ3v) is 60.1.